The normalized spacial score (nSPS) is 12.3. The largest absolute Gasteiger partial charge is 0.283 e. The lowest BCUT2D eigenvalue weighted by atomic mass is 10.1. The Kier molecular flexibility index (Phi) is 5.61. The molecule has 0 aliphatic rings. The maximum absolute atomic E-state index is 12.8. The van der Waals surface area contributed by atoms with Crippen LogP contribution in [0.2, 0.25) is 5.02 Å². The summed E-state index contributed by atoms with van der Waals surface area (Å²) in [5.74, 6) is 0. The van der Waals surface area contributed by atoms with Crippen LogP contribution >= 0.6 is 22.9 Å². The van der Waals surface area contributed by atoms with Crippen molar-refractivity contribution < 1.29 is 16.8 Å². The summed E-state index contributed by atoms with van der Waals surface area (Å²) in [7, 11) is -8.78. The highest BCUT2D eigenvalue weighted by molar-refractivity contribution is 8.05. The number of aryl methyl sites for hydroxylation is 3. The van der Waals surface area contributed by atoms with Crippen molar-refractivity contribution in [2.75, 3.05) is 0 Å². The lowest BCUT2D eigenvalue weighted by Crippen LogP contribution is -2.31. The summed E-state index contributed by atoms with van der Waals surface area (Å²) in [5.41, 5.74) is 2.30. The molecule has 0 saturated heterocycles. The molecule has 0 radical (unpaired) electrons. The number of benzene rings is 2. The van der Waals surface area contributed by atoms with Gasteiger partial charge in [-0.2, -0.15) is 0 Å². The van der Waals surface area contributed by atoms with Crippen molar-refractivity contribution >= 4 is 43.0 Å². The van der Waals surface area contributed by atoms with Crippen LogP contribution in [0.25, 0.3) is 10.6 Å². The summed E-state index contributed by atoms with van der Waals surface area (Å²) in [6, 6.07) is 10.1. The fourth-order valence-electron chi connectivity index (χ4n) is 2.87. The Balaban J connectivity index is 1.98. The molecular formula is C17H16ClN3O4S3. The summed E-state index contributed by atoms with van der Waals surface area (Å²) in [6.07, 6.45) is 0. The van der Waals surface area contributed by atoms with Gasteiger partial charge in [0.25, 0.3) is 20.0 Å². The molecule has 1 heterocycles. The zero-order valence-electron chi connectivity index (χ0n) is 15.1. The van der Waals surface area contributed by atoms with Crippen LogP contribution < -0.4 is 4.13 Å². The molecule has 3 rings (SSSR count). The zero-order valence-corrected chi connectivity index (χ0v) is 18.3. The van der Waals surface area contributed by atoms with Crippen LogP contribution in [0.3, 0.4) is 0 Å². The van der Waals surface area contributed by atoms with Crippen molar-refractivity contribution in [3.05, 3.63) is 58.1 Å². The van der Waals surface area contributed by atoms with Gasteiger partial charge in [-0.15, -0.1) is 10.2 Å². The first-order valence-corrected chi connectivity index (χ1v) is 12.1. The Labute approximate surface area is 172 Å². The fraction of sp³-hybridized carbons (Fsp3) is 0.176. The number of halogens is 1. The highest BCUT2D eigenvalue weighted by atomic mass is 35.5. The van der Waals surface area contributed by atoms with Crippen LogP contribution in [0.15, 0.2) is 45.6 Å². The van der Waals surface area contributed by atoms with Gasteiger partial charge in [0.05, 0.1) is 9.92 Å². The van der Waals surface area contributed by atoms with E-state index < -0.39 is 24.4 Å². The second kappa shape index (κ2) is 7.53. The molecule has 148 valence electrons. The Hall–Kier alpha value is -1.85. The van der Waals surface area contributed by atoms with Crippen molar-refractivity contribution in [3.8, 4) is 10.6 Å². The third-order valence-electron chi connectivity index (χ3n) is 3.83. The molecule has 28 heavy (non-hydrogen) atoms. The predicted octanol–water partition coefficient (Wildman–Crippen LogP) is 3.45. The van der Waals surface area contributed by atoms with Crippen LogP contribution in [0.1, 0.15) is 16.7 Å². The topological polar surface area (TPSA) is 106 Å². The summed E-state index contributed by atoms with van der Waals surface area (Å²) in [5, 5.41) is 8.12. The van der Waals surface area contributed by atoms with Gasteiger partial charge in [-0.05, 0) is 38.0 Å². The van der Waals surface area contributed by atoms with E-state index in [0.29, 0.717) is 21.7 Å². The van der Waals surface area contributed by atoms with Crippen molar-refractivity contribution in [1.29, 1.82) is 0 Å². The zero-order chi connectivity index (χ0) is 20.7. The maximum atomic E-state index is 12.8. The van der Waals surface area contributed by atoms with Crippen molar-refractivity contribution in [3.63, 3.8) is 0 Å². The molecule has 0 saturated carbocycles. The van der Waals surface area contributed by atoms with Gasteiger partial charge < -0.3 is 0 Å². The minimum atomic E-state index is -4.45. The molecule has 3 aromatic rings. The van der Waals surface area contributed by atoms with E-state index >= 15 is 0 Å². The number of sulfonamides is 2. The molecule has 0 amide bonds. The molecule has 0 unspecified atom stereocenters. The van der Waals surface area contributed by atoms with Gasteiger partial charge >= 0.3 is 0 Å². The number of hydrogen-bond acceptors (Lipinski definition) is 7. The molecule has 1 aromatic heterocycles. The standard InChI is InChI=1S/C17H16ClN3O4S3/c1-10-8-11(2)15(12(3)9-10)27(22,23)21-28(24,25)17-20-19-16(26-17)13-6-4-5-7-14(13)18/h4-9,21H,1-3H3. The molecule has 11 heteroatoms. The summed E-state index contributed by atoms with van der Waals surface area (Å²) in [4.78, 5) is -0.0717. The third-order valence-corrected chi connectivity index (χ3v) is 9.30. The Morgan fingerprint density at radius 3 is 2.14 bits per heavy atom. The van der Waals surface area contributed by atoms with Crippen molar-refractivity contribution in [2.24, 2.45) is 0 Å². The average molecular weight is 458 g/mol. The van der Waals surface area contributed by atoms with Gasteiger partial charge in [-0.25, -0.2) is 16.8 Å². The first-order chi connectivity index (χ1) is 13.0. The minimum absolute atomic E-state index is 0.0717. The van der Waals surface area contributed by atoms with Crippen LogP contribution in [0.4, 0.5) is 0 Å². The molecule has 0 bridgehead atoms. The first-order valence-electron chi connectivity index (χ1n) is 7.96. The fourth-order valence-corrected chi connectivity index (χ4v) is 7.64. The molecule has 2 aromatic carbocycles. The van der Waals surface area contributed by atoms with E-state index in [-0.39, 0.29) is 9.90 Å². The van der Waals surface area contributed by atoms with Crippen LogP contribution in [-0.2, 0) is 20.0 Å². The van der Waals surface area contributed by atoms with E-state index in [1.54, 1.807) is 54.4 Å². The second-order valence-corrected chi connectivity index (χ2v) is 11.3. The number of aromatic nitrogens is 2. The molecule has 0 spiro atoms. The molecule has 0 aliphatic heterocycles. The van der Waals surface area contributed by atoms with E-state index in [2.05, 4.69) is 10.2 Å². The highest BCUT2D eigenvalue weighted by Gasteiger charge is 2.30. The van der Waals surface area contributed by atoms with Gasteiger partial charge in [0, 0.05) is 5.56 Å². The Morgan fingerprint density at radius 2 is 1.54 bits per heavy atom. The molecule has 1 N–H and O–H groups in total. The third kappa shape index (κ3) is 4.11. The minimum Gasteiger partial charge on any atom is -0.206 e. The summed E-state index contributed by atoms with van der Waals surface area (Å²) < 4.78 is 52.1. The average Bonchev–Trinajstić information content (AvgIpc) is 3.03. The molecule has 0 fully saturated rings. The Bertz CT molecular complexity index is 1250. The summed E-state index contributed by atoms with van der Waals surface area (Å²) >= 11 is 6.83. The van der Waals surface area contributed by atoms with Gasteiger partial charge in [0.2, 0.25) is 4.34 Å². The van der Waals surface area contributed by atoms with Gasteiger partial charge in [-0.3, -0.25) is 0 Å². The van der Waals surface area contributed by atoms with Crippen LogP contribution in [0, 0.1) is 20.8 Å². The van der Waals surface area contributed by atoms with Gasteiger partial charge in [0.1, 0.15) is 5.01 Å². The smallest absolute Gasteiger partial charge is 0.206 e. The van der Waals surface area contributed by atoms with E-state index in [9.17, 15) is 16.8 Å². The summed E-state index contributed by atoms with van der Waals surface area (Å²) in [6.45, 7) is 5.06. The van der Waals surface area contributed by atoms with E-state index in [4.69, 9.17) is 11.6 Å². The quantitative estimate of drug-likeness (QED) is 0.628. The second-order valence-electron chi connectivity index (χ2n) is 6.17. The maximum Gasteiger partial charge on any atom is 0.283 e. The van der Waals surface area contributed by atoms with E-state index in [1.807, 2.05) is 6.92 Å². The number of hydrogen-bond donors (Lipinski definition) is 1. The van der Waals surface area contributed by atoms with Gasteiger partial charge in [-0.1, -0.05) is 63.0 Å². The van der Waals surface area contributed by atoms with Crippen LogP contribution in [0.5, 0.6) is 0 Å². The first kappa shape index (κ1) is 20.9. The lowest BCUT2D eigenvalue weighted by molar-refractivity contribution is 0.575. The van der Waals surface area contributed by atoms with E-state index in [1.165, 1.54) is 0 Å². The Morgan fingerprint density at radius 1 is 0.929 bits per heavy atom. The number of rotatable bonds is 5. The van der Waals surface area contributed by atoms with Crippen molar-refractivity contribution in [1.82, 2.24) is 14.3 Å². The number of nitrogens with zero attached hydrogens (tertiary/aromatic N) is 2. The van der Waals surface area contributed by atoms with Crippen molar-refractivity contribution in [2.45, 2.75) is 30.0 Å². The molecule has 0 atom stereocenters. The molecule has 0 aliphatic carbocycles. The monoisotopic (exact) mass is 457 g/mol. The predicted molar refractivity (Wildman–Crippen MR) is 109 cm³/mol. The SMILES string of the molecule is Cc1cc(C)c(S(=O)(=O)NS(=O)(=O)c2nnc(-c3ccccc3Cl)s2)c(C)c1. The number of nitrogens with one attached hydrogen (secondary N) is 1. The molecular weight excluding hydrogens is 442 g/mol. The van der Waals surface area contributed by atoms with Gasteiger partial charge in [0.15, 0.2) is 0 Å². The van der Waals surface area contributed by atoms with E-state index in [0.717, 1.165) is 16.9 Å². The van der Waals surface area contributed by atoms with Crippen LogP contribution in [-0.4, -0.2) is 27.0 Å². The molecule has 7 nitrogen and oxygen atoms in total. The highest BCUT2D eigenvalue weighted by Crippen LogP contribution is 2.31. The lowest BCUT2D eigenvalue weighted by Gasteiger charge is -2.12.